The number of anilines is 1. The Balaban J connectivity index is 1.59. The number of nitro groups is 1. The van der Waals surface area contributed by atoms with Crippen LogP contribution in [0, 0.1) is 21.4 Å². The van der Waals surface area contributed by atoms with E-state index in [0.29, 0.717) is 5.41 Å². The highest BCUT2D eigenvalue weighted by Gasteiger charge is 2.53. The molecule has 2 saturated carbocycles. The molecule has 0 unspecified atom stereocenters. The Kier molecular flexibility index (Phi) is 2.28. The zero-order chi connectivity index (χ0) is 11.9. The summed E-state index contributed by atoms with van der Waals surface area (Å²) >= 11 is 0. The van der Waals surface area contributed by atoms with Crippen molar-refractivity contribution < 1.29 is 4.92 Å². The molecular formula is C12H15N3O2. The predicted molar refractivity (Wildman–Crippen MR) is 63.8 cm³/mol. The highest BCUT2D eigenvalue weighted by molar-refractivity contribution is 5.44. The first kappa shape index (κ1) is 10.5. The van der Waals surface area contributed by atoms with Crippen molar-refractivity contribution in [2.75, 3.05) is 11.9 Å². The molecule has 2 aliphatic rings. The van der Waals surface area contributed by atoms with Crippen molar-refractivity contribution in [2.24, 2.45) is 11.3 Å². The number of rotatable bonds is 5. The van der Waals surface area contributed by atoms with Gasteiger partial charge in [0.25, 0.3) is 0 Å². The van der Waals surface area contributed by atoms with E-state index < -0.39 is 4.92 Å². The molecule has 1 aromatic rings. The van der Waals surface area contributed by atoms with E-state index in [1.54, 1.807) is 12.3 Å². The third-order valence-electron chi connectivity index (χ3n) is 3.92. The molecule has 0 aliphatic heterocycles. The topological polar surface area (TPSA) is 68.1 Å². The van der Waals surface area contributed by atoms with Crippen molar-refractivity contribution in [3.63, 3.8) is 0 Å². The minimum Gasteiger partial charge on any atom is -0.381 e. The molecule has 2 aliphatic carbocycles. The molecule has 0 radical (unpaired) electrons. The smallest absolute Gasteiger partial charge is 0.363 e. The van der Waals surface area contributed by atoms with E-state index in [1.807, 2.05) is 0 Å². The van der Waals surface area contributed by atoms with Gasteiger partial charge in [0, 0.05) is 12.6 Å². The van der Waals surface area contributed by atoms with E-state index >= 15 is 0 Å². The summed E-state index contributed by atoms with van der Waals surface area (Å²) in [7, 11) is 0. The van der Waals surface area contributed by atoms with E-state index in [0.717, 1.165) is 18.2 Å². The summed E-state index contributed by atoms with van der Waals surface area (Å²) in [6, 6.07) is 3.17. The van der Waals surface area contributed by atoms with Crippen LogP contribution in [-0.4, -0.2) is 16.5 Å². The Hall–Kier alpha value is -1.65. The van der Waals surface area contributed by atoms with Gasteiger partial charge in [0.15, 0.2) is 6.20 Å². The molecule has 3 rings (SSSR count). The predicted octanol–water partition coefficient (Wildman–Crippen LogP) is 2.59. The second-order valence-electron chi connectivity index (χ2n) is 5.15. The van der Waals surface area contributed by atoms with Crippen LogP contribution in [0.2, 0.25) is 0 Å². The quantitative estimate of drug-likeness (QED) is 0.627. The molecule has 2 fully saturated rings. The maximum atomic E-state index is 10.5. The average Bonchev–Trinajstić information content (AvgIpc) is 3.17. The fraction of sp³-hybridized carbons (Fsp3) is 0.583. The van der Waals surface area contributed by atoms with Crippen LogP contribution in [0.25, 0.3) is 0 Å². The van der Waals surface area contributed by atoms with Gasteiger partial charge in [0.1, 0.15) is 0 Å². The monoisotopic (exact) mass is 233 g/mol. The lowest BCUT2D eigenvalue weighted by atomic mass is 10.0. The molecule has 5 nitrogen and oxygen atoms in total. The van der Waals surface area contributed by atoms with Crippen LogP contribution in [0.5, 0.6) is 0 Å². The van der Waals surface area contributed by atoms with Gasteiger partial charge < -0.3 is 15.4 Å². The molecule has 1 aromatic heterocycles. The average molecular weight is 233 g/mol. The van der Waals surface area contributed by atoms with E-state index in [2.05, 4.69) is 10.3 Å². The van der Waals surface area contributed by atoms with E-state index in [9.17, 15) is 10.1 Å². The minimum absolute atomic E-state index is 0.0983. The summed E-state index contributed by atoms with van der Waals surface area (Å²) in [6.45, 7) is 0.983. The van der Waals surface area contributed by atoms with Gasteiger partial charge >= 0.3 is 5.82 Å². The Labute approximate surface area is 99.4 Å². The largest absolute Gasteiger partial charge is 0.381 e. The van der Waals surface area contributed by atoms with Crippen molar-refractivity contribution in [2.45, 2.75) is 25.7 Å². The number of hydrogen-bond donors (Lipinski definition) is 1. The van der Waals surface area contributed by atoms with Crippen LogP contribution >= 0.6 is 0 Å². The SMILES string of the molecule is O=[N+]([O-])c1ccc(NCC2(C3CC3)CC2)cn1. The molecular weight excluding hydrogens is 218 g/mol. The highest BCUT2D eigenvalue weighted by atomic mass is 16.6. The summed E-state index contributed by atoms with van der Waals surface area (Å²) in [6.07, 6.45) is 6.94. The molecule has 90 valence electrons. The fourth-order valence-electron chi connectivity index (χ4n) is 2.46. The maximum Gasteiger partial charge on any atom is 0.363 e. The van der Waals surface area contributed by atoms with Gasteiger partial charge in [-0.3, -0.25) is 0 Å². The lowest BCUT2D eigenvalue weighted by Crippen LogP contribution is -2.17. The highest BCUT2D eigenvalue weighted by Crippen LogP contribution is 2.61. The number of aromatic nitrogens is 1. The van der Waals surface area contributed by atoms with Crippen LogP contribution in [0.3, 0.4) is 0 Å². The fourth-order valence-corrected chi connectivity index (χ4v) is 2.46. The standard InChI is InChI=1S/C12H15N3O2/c16-15(17)11-4-3-10(7-13-11)14-8-12(5-6-12)9-1-2-9/h3-4,7,9,14H,1-2,5-6,8H2. The van der Waals surface area contributed by atoms with Crippen LogP contribution in [0.15, 0.2) is 18.3 Å². The first-order chi connectivity index (χ1) is 8.20. The Morgan fingerprint density at radius 3 is 2.71 bits per heavy atom. The van der Waals surface area contributed by atoms with Gasteiger partial charge in [0.2, 0.25) is 0 Å². The number of hydrogen-bond acceptors (Lipinski definition) is 4. The van der Waals surface area contributed by atoms with Gasteiger partial charge in [-0.15, -0.1) is 0 Å². The first-order valence-electron chi connectivity index (χ1n) is 6.04. The molecule has 17 heavy (non-hydrogen) atoms. The molecule has 1 N–H and O–H groups in total. The van der Waals surface area contributed by atoms with E-state index in [-0.39, 0.29) is 5.82 Å². The van der Waals surface area contributed by atoms with Gasteiger partial charge in [-0.2, -0.15) is 0 Å². The van der Waals surface area contributed by atoms with Crippen molar-refractivity contribution in [3.8, 4) is 0 Å². The third-order valence-corrected chi connectivity index (χ3v) is 3.92. The van der Waals surface area contributed by atoms with Crippen LogP contribution < -0.4 is 5.32 Å². The molecule has 0 bridgehead atoms. The van der Waals surface area contributed by atoms with Crippen molar-refractivity contribution >= 4 is 11.5 Å². The van der Waals surface area contributed by atoms with Gasteiger partial charge in [-0.05, 0) is 53.0 Å². The number of nitrogens with zero attached hydrogens (tertiary/aromatic N) is 2. The molecule has 0 spiro atoms. The number of pyridine rings is 1. The molecule has 5 heteroatoms. The van der Waals surface area contributed by atoms with Crippen molar-refractivity contribution in [3.05, 3.63) is 28.4 Å². The molecule has 0 saturated heterocycles. The van der Waals surface area contributed by atoms with Gasteiger partial charge in [0.05, 0.1) is 5.69 Å². The second kappa shape index (κ2) is 3.68. The van der Waals surface area contributed by atoms with E-state index in [1.165, 1.54) is 31.7 Å². The molecule has 0 amide bonds. The van der Waals surface area contributed by atoms with Crippen LogP contribution in [0.4, 0.5) is 11.5 Å². The third kappa shape index (κ3) is 2.09. The molecule has 1 heterocycles. The van der Waals surface area contributed by atoms with Gasteiger partial charge in [-0.1, -0.05) is 0 Å². The summed E-state index contributed by atoms with van der Waals surface area (Å²) in [5, 5.41) is 13.8. The van der Waals surface area contributed by atoms with Gasteiger partial charge in [-0.25, -0.2) is 0 Å². The maximum absolute atomic E-state index is 10.5. The zero-order valence-corrected chi connectivity index (χ0v) is 9.56. The second-order valence-corrected chi connectivity index (χ2v) is 5.15. The lowest BCUT2D eigenvalue weighted by Gasteiger charge is -2.14. The Morgan fingerprint density at radius 2 is 2.24 bits per heavy atom. The Bertz CT molecular complexity index is 436. The van der Waals surface area contributed by atoms with E-state index in [4.69, 9.17) is 0 Å². The number of nitrogens with one attached hydrogen (secondary N) is 1. The summed E-state index contributed by atoms with van der Waals surface area (Å²) in [5.41, 5.74) is 1.41. The van der Waals surface area contributed by atoms with Crippen molar-refractivity contribution in [1.29, 1.82) is 0 Å². The van der Waals surface area contributed by atoms with Crippen LogP contribution in [0.1, 0.15) is 25.7 Å². The summed E-state index contributed by atoms with van der Waals surface area (Å²) in [5.74, 6) is 0.819. The zero-order valence-electron chi connectivity index (χ0n) is 9.56. The van der Waals surface area contributed by atoms with Crippen molar-refractivity contribution in [1.82, 2.24) is 4.98 Å². The minimum atomic E-state index is -0.476. The Morgan fingerprint density at radius 1 is 1.47 bits per heavy atom. The first-order valence-corrected chi connectivity index (χ1v) is 6.04. The summed E-state index contributed by atoms with van der Waals surface area (Å²) in [4.78, 5) is 13.8. The molecule has 0 atom stereocenters. The summed E-state index contributed by atoms with van der Waals surface area (Å²) < 4.78 is 0. The molecule has 0 aromatic carbocycles. The normalized spacial score (nSPS) is 20.9. The lowest BCUT2D eigenvalue weighted by molar-refractivity contribution is -0.389. The van der Waals surface area contributed by atoms with Crippen LogP contribution in [-0.2, 0) is 0 Å².